The lowest BCUT2D eigenvalue weighted by molar-refractivity contribution is -0.118. The third-order valence-electron chi connectivity index (χ3n) is 4.27. The average molecular weight is 318 g/mol. The van der Waals surface area contributed by atoms with E-state index in [2.05, 4.69) is 15.6 Å². The Morgan fingerprint density at radius 1 is 1.35 bits per heavy atom. The predicted octanol–water partition coefficient (Wildman–Crippen LogP) is 2.56. The number of hydrogen-bond acceptors (Lipinski definition) is 3. The molecule has 1 amide bonds. The van der Waals surface area contributed by atoms with E-state index in [0.29, 0.717) is 11.2 Å². The third-order valence-corrected chi connectivity index (χ3v) is 4.27. The van der Waals surface area contributed by atoms with E-state index in [0.717, 1.165) is 37.9 Å². The number of nitrogens with zero attached hydrogens (tertiary/aromatic N) is 1. The number of halogens is 2. The monoisotopic (exact) mass is 317 g/mol. The fourth-order valence-corrected chi connectivity index (χ4v) is 2.95. The molecule has 20 heavy (non-hydrogen) atoms. The summed E-state index contributed by atoms with van der Waals surface area (Å²) in [6.07, 6.45) is 5.09. The van der Waals surface area contributed by atoms with Gasteiger partial charge in [-0.2, -0.15) is 0 Å². The van der Waals surface area contributed by atoms with Crippen LogP contribution in [-0.4, -0.2) is 24.0 Å². The van der Waals surface area contributed by atoms with Crippen LogP contribution in [0, 0.1) is 18.3 Å². The van der Waals surface area contributed by atoms with Crippen LogP contribution in [0.15, 0.2) is 18.3 Å². The smallest absolute Gasteiger partial charge is 0.229 e. The van der Waals surface area contributed by atoms with Gasteiger partial charge in [-0.3, -0.25) is 4.79 Å². The van der Waals surface area contributed by atoms with Crippen molar-refractivity contribution in [2.24, 2.45) is 11.3 Å². The number of carbonyl (C=O) groups is 1. The van der Waals surface area contributed by atoms with Crippen LogP contribution in [0.25, 0.3) is 0 Å². The van der Waals surface area contributed by atoms with E-state index in [1.54, 1.807) is 6.20 Å². The number of anilines is 1. The number of amides is 1. The van der Waals surface area contributed by atoms with Crippen LogP contribution in [0.5, 0.6) is 0 Å². The highest BCUT2D eigenvalue weighted by molar-refractivity contribution is 5.94. The Morgan fingerprint density at radius 3 is 2.65 bits per heavy atom. The number of aryl methyl sites for hydroxylation is 1. The standard InChI is InChI=1S/C14H19N3O.2ClH/c1-10-2-3-12(16-9-10)17-13(18)11-8-14(11)4-6-15-7-5-14;;/h2-3,9,11,15H,4-8H2,1H3,(H,16,17,18);2*1H. The van der Waals surface area contributed by atoms with Crippen LogP contribution in [0.4, 0.5) is 5.82 Å². The normalized spacial score (nSPS) is 22.4. The number of nitrogens with one attached hydrogen (secondary N) is 2. The molecule has 2 N–H and O–H groups in total. The molecule has 1 saturated heterocycles. The fourth-order valence-electron chi connectivity index (χ4n) is 2.95. The molecule has 1 spiro atoms. The predicted molar refractivity (Wildman–Crippen MR) is 84.7 cm³/mol. The van der Waals surface area contributed by atoms with E-state index < -0.39 is 0 Å². The SMILES string of the molecule is Cc1ccc(NC(=O)C2CC23CCNCC3)nc1.Cl.Cl. The highest BCUT2D eigenvalue weighted by Crippen LogP contribution is 2.58. The van der Waals surface area contributed by atoms with Gasteiger partial charge >= 0.3 is 0 Å². The molecule has 0 aromatic carbocycles. The molecule has 3 rings (SSSR count). The van der Waals surface area contributed by atoms with Crippen LogP contribution in [0.1, 0.15) is 24.8 Å². The molecule has 112 valence electrons. The number of hydrogen-bond donors (Lipinski definition) is 2. The molecule has 2 aliphatic rings. The quantitative estimate of drug-likeness (QED) is 0.881. The van der Waals surface area contributed by atoms with Gasteiger partial charge in [0.2, 0.25) is 5.91 Å². The summed E-state index contributed by atoms with van der Waals surface area (Å²) in [5.74, 6) is 1.01. The number of rotatable bonds is 2. The van der Waals surface area contributed by atoms with Crippen molar-refractivity contribution in [2.45, 2.75) is 26.2 Å². The summed E-state index contributed by atoms with van der Waals surface area (Å²) in [6.45, 7) is 4.09. The van der Waals surface area contributed by atoms with Gasteiger partial charge < -0.3 is 10.6 Å². The van der Waals surface area contributed by atoms with E-state index in [9.17, 15) is 4.79 Å². The topological polar surface area (TPSA) is 54.0 Å². The van der Waals surface area contributed by atoms with Crippen LogP contribution >= 0.6 is 24.8 Å². The first kappa shape index (κ1) is 17.2. The van der Waals surface area contributed by atoms with Gasteiger partial charge in [-0.15, -0.1) is 24.8 Å². The maximum Gasteiger partial charge on any atom is 0.229 e. The molecular weight excluding hydrogens is 297 g/mol. The number of aromatic nitrogens is 1. The van der Waals surface area contributed by atoms with E-state index in [1.165, 1.54) is 0 Å². The van der Waals surface area contributed by atoms with Gasteiger partial charge in [0.25, 0.3) is 0 Å². The molecule has 2 heterocycles. The molecule has 1 aromatic heterocycles. The first-order valence-electron chi connectivity index (χ1n) is 6.64. The Bertz CT molecular complexity index is 458. The van der Waals surface area contributed by atoms with E-state index in [4.69, 9.17) is 0 Å². The van der Waals surface area contributed by atoms with Crippen molar-refractivity contribution in [3.63, 3.8) is 0 Å². The first-order valence-corrected chi connectivity index (χ1v) is 6.64. The van der Waals surface area contributed by atoms with E-state index in [-0.39, 0.29) is 36.6 Å². The van der Waals surface area contributed by atoms with Crippen LogP contribution in [-0.2, 0) is 4.79 Å². The minimum atomic E-state index is 0. The van der Waals surface area contributed by atoms with Gasteiger partial charge in [-0.1, -0.05) is 6.07 Å². The fraction of sp³-hybridized carbons (Fsp3) is 0.571. The van der Waals surface area contributed by atoms with Gasteiger partial charge in [-0.25, -0.2) is 4.98 Å². The number of carbonyl (C=O) groups excluding carboxylic acids is 1. The molecule has 1 saturated carbocycles. The Hall–Kier alpha value is -0.840. The Morgan fingerprint density at radius 2 is 2.05 bits per heavy atom. The summed E-state index contributed by atoms with van der Waals surface area (Å²) in [4.78, 5) is 16.4. The van der Waals surface area contributed by atoms with Crippen molar-refractivity contribution < 1.29 is 4.79 Å². The number of pyridine rings is 1. The third kappa shape index (κ3) is 3.43. The van der Waals surface area contributed by atoms with Crippen molar-refractivity contribution in [1.29, 1.82) is 0 Å². The van der Waals surface area contributed by atoms with Gasteiger partial charge in [0, 0.05) is 12.1 Å². The summed E-state index contributed by atoms with van der Waals surface area (Å²) in [5, 5.41) is 6.28. The zero-order valence-corrected chi connectivity index (χ0v) is 13.1. The largest absolute Gasteiger partial charge is 0.317 e. The summed E-state index contributed by atoms with van der Waals surface area (Å²) in [7, 11) is 0. The Kier molecular flexibility index (Phi) is 5.80. The molecule has 6 heteroatoms. The molecular formula is C14H21Cl2N3O. The lowest BCUT2D eigenvalue weighted by atomic mass is 9.92. The molecule has 0 radical (unpaired) electrons. The van der Waals surface area contributed by atoms with Gasteiger partial charge in [-0.05, 0) is 56.3 Å². The van der Waals surface area contributed by atoms with Crippen molar-refractivity contribution >= 4 is 36.5 Å². The molecule has 4 nitrogen and oxygen atoms in total. The van der Waals surface area contributed by atoms with Crippen molar-refractivity contribution in [3.8, 4) is 0 Å². The lowest BCUT2D eigenvalue weighted by Gasteiger charge is -2.23. The maximum absolute atomic E-state index is 12.2. The Balaban J connectivity index is 0.000001000. The average Bonchev–Trinajstić information content (AvgIpc) is 3.07. The lowest BCUT2D eigenvalue weighted by Crippen LogP contribution is -2.31. The van der Waals surface area contributed by atoms with E-state index >= 15 is 0 Å². The van der Waals surface area contributed by atoms with Crippen molar-refractivity contribution in [1.82, 2.24) is 10.3 Å². The maximum atomic E-state index is 12.2. The molecule has 1 aromatic rings. The molecule has 1 unspecified atom stereocenters. The Labute approximate surface area is 131 Å². The summed E-state index contributed by atoms with van der Waals surface area (Å²) < 4.78 is 0. The number of piperidine rings is 1. The zero-order valence-electron chi connectivity index (χ0n) is 11.5. The molecule has 1 aliphatic heterocycles. The second-order valence-corrected chi connectivity index (χ2v) is 5.58. The second-order valence-electron chi connectivity index (χ2n) is 5.58. The van der Waals surface area contributed by atoms with Crippen LogP contribution < -0.4 is 10.6 Å². The van der Waals surface area contributed by atoms with E-state index in [1.807, 2.05) is 19.1 Å². The summed E-state index contributed by atoms with van der Waals surface area (Å²) in [5.41, 5.74) is 1.40. The summed E-state index contributed by atoms with van der Waals surface area (Å²) >= 11 is 0. The second kappa shape index (κ2) is 6.74. The molecule has 1 atom stereocenters. The van der Waals surface area contributed by atoms with Gasteiger partial charge in [0.05, 0.1) is 0 Å². The van der Waals surface area contributed by atoms with Gasteiger partial charge in [0.15, 0.2) is 0 Å². The first-order chi connectivity index (χ1) is 8.70. The van der Waals surface area contributed by atoms with Crippen molar-refractivity contribution in [2.75, 3.05) is 18.4 Å². The molecule has 2 fully saturated rings. The highest BCUT2D eigenvalue weighted by atomic mass is 35.5. The van der Waals surface area contributed by atoms with Gasteiger partial charge in [0.1, 0.15) is 5.82 Å². The van der Waals surface area contributed by atoms with Crippen LogP contribution in [0.3, 0.4) is 0 Å². The molecule has 0 bridgehead atoms. The van der Waals surface area contributed by atoms with Crippen LogP contribution in [0.2, 0.25) is 0 Å². The van der Waals surface area contributed by atoms with Crippen molar-refractivity contribution in [3.05, 3.63) is 23.9 Å². The summed E-state index contributed by atoms with van der Waals surface area (Å²) in [6, 6.07) is 3.83. The minimum absolute atomic E-state index is 0. The minimum Gasteiger partial charge on any atom is -0.317 e. The highest BCUT2D eigenvalue weighted by Gasteiger charge is 2.57. The molecule has 1 aliphatic carbocycles. The zero-order chi connectivity index (χ0) is 12.6.